The van der Waals surface area contributed by atoms with Crippen LogP contribution < -0.4 is 0 Å². The summed E-state index contributed by atoms with van der Waals surface area (Å²) in [7, 11) is -3.41. The van der Waals surface area contributed by atoms with E-state index in [1.165, 1.54) is 0 Å². The van der Waals surface area contributed by atoms with Gasteiger partial charge in [-0.3, -0.25) is 13.6 Å². The molecule has 0 fully saturated rings. The van der Waals surface area contributed by atoms with E-state index < -0.39 is 7.82 Å². The van der Waals surface area contributed by atoms with Gasteiger partial charge in [-0.2, -0.15) is 0 Å². The number of hydrogen-bond donors (Lipinski definition) is 0. The van der Waals surface area contributed by atoms with E-state index in [1.54, 1.807) is 0 Å². The largest absolute Gasteiger partial charge is 0.474 e. The monoisotopic (exact) mass is 372 g/mol. The fourth-order valence-electron chi connectivity index (χ4n) is 0.551. The summed E-state index contributed by atoms with van der Waals surface area (Å²) in [6, 6.07) is 0. The molecule has 0 aliphatic carbocycles. The number of rotatable bonds is 9. The number of phosphoric acid groups is 1. The molecule has 86 valence electrons. The molecule has 0 aromatic rings. The van der Waals surface area contributed by atoms with Crippen LogP contribution in [0.3, 0.4) is 0 Å². The first-order chi connectivity index (χ1) is 6.68. The molecule has 0 radical (unpaired) electrons. The summed E-state index contributed by atoms with van der Waals surface area (Å²) in [6.45, 7) is 0.674. The number of hydrogen-bond acceptors (Lipinski definition) is 4. The fraction of sp³-hybridized carbons (Fsp3) is 1.00. The van der Waals surface area contributed by atoms with Crippen molar-refractivity contribution >= 4 is 51.3 Å². The standard InChI is InChI=1S/C6H12Br2ClO4P/c7-1-4-11-14(10,12-5-2-8)13-6-3-9/h1-6H2. The lowest BCUT2D eigenvalue weighted by atomic mass is 10.9. The highest BCUT2D eigenvalue weighted by molar-refractivity contribution is 9.09. The van der Waals surface area contributed by atoms with Crippen molar-refractivity contribution in [2.45, 2.75) is 0 Å². The lowest BCUT2D eigenvalue weighted by molar-refractivity contribution is 0.129. The van der Waals surface area contributed by atoms with E-state index in [-0.39, 0.29) is 25.7 Å². The van der Waals surface area contributed by atoms with Gasteiger partial charge in [-0.25, -0.2) is 4.57 Å². The molecule has 14 heavy (non-hydrogen) atoms. The molecule has 0 rings (SSSR count). The molecule has 0 aromatic heterocycles. The van der Waals surface area contributed by atoms with Crippen LogP contribution in [0.25, 0.3) is 0 Å². The Morgan fingerprint density at radius 2 is 1.43 bits per heavy atom. The maximum Gasteiger partial charge on any atom is 0.474 e. The summed E-state index contributed by atoms with van der Waals surface area (Å²) in [5.41, 5.74) is 0. The SMILES string of the molecule is O=P(OCCCl)(OCCBr)OCCBr. The van der Waals surface area contributed by atoms with Crippen LogP contribution in [0.1, 0.15) is 0 Å². The lowest BCUT2D eigenvalue weighted by Crippen LogP contribution is -2.05. The Morgan fingerprint density at radius 3 is 1.79 bits per heavy atom. The van der Waals surface area contributed by atoms with Crippen LogP contribution in [0, 0.1) is 0 Å². The quantitative estimate of drug-likeness (QED) is 0.459. The second-order valence-corrected chi connectivity index (χ2v) is 5.65. The minimum Gasteiger partial charge on any atom is -0.286 e. The van der Waals surface area contributed by atoms with E-state index in [0.717, 1.165) is 0 Å². The van der Waals surface area contributed by atoms with Gasteiger partial charge in [0.2, 0.25) is 0 Å². The van der Waals surface area contributed by atoms with Crippen molar-refractivity contribution in [2.75, 3.05) is 36.4 Å². The van der Waals surface area contributed by atoms with Gasteiger partial charge >= 0.3 is 7.82 Å². The van der Waals surface area contributed by atoms with Crippen molar-refractivity contribution in [1.82, 2.24) is 0 Å². The van der Waals surface area contributed by atoms with E-state index in [0.29, 0.717) is 10.7 Å². The minimum atomic E-state index is -3.41. The predicted molar refractivity (Wildman–Crippen MR) is 63.8 cm³/mol. The molecule has 0 N–H and O–H groups in total. The highest BCUT2D eigenvalue weighted by Crippen LogP contribution is 2.49. The molecular weight excluding hydrogens is 362 g/mol. The van der Waals surface area contributed by atoms with Gasteiger partial charge in [-0.15, -0.1) is 11.6 Å². The smallest absolute Gasteiger partial charge is 0.286 e. The number of halogens is 3. The molecule has 0 saturated carbocycles. The van der Waals surface area contributed by atoms with E-state index in [2.05, 4.69) is 31.9 Å². The second kappa shape index (κ2) is 9.58. The molecule has 0 saturated heterocycles. The molecule has 0 spiro atoms. The first-order valence-corrected chi connectivity index (χ1v) is 8.14. The molecule has 0 aliphatic rings. The molecule has 0 atom stereocenters. The summed E-state index contributed by atoms with van der Waals surface area (Å²) in [5, 5.41) is 1.14. The van der Waals surface area contributed by atoms with E-state index in [4.69, 9.17) is 25.2 Å². The second-order valence-electron chi connectivity index (χ2n) is 2.01. The van der Waals surface area contributed by atoms with Crippen molar-refractivity contribution in [1.29, 1.82) is 0 Å². The van der Waals surface area contributed by atoms with Crippen molar-refractivity contribution < 1.29 is 18.1 Å². The van der Waals surface area contributed by atoms with Crippen molar-refractivity contribution in [3.8, 4) is 0 Å². The molecule has 0 aromatic carbocycles. The van der Waals surface area contributed by atoms with Gasteiger partial charge in [0.1, 0.15) is 0 Å². The zero-order valence-corrected chi connectivity index (χ0v) is 12.3. The molecule has 0 unspecified atom stereocenters. The van der Waals surface area contributed by atoms with Gasteiger partial charge in [0.25, 0.3) is 0 Å². The summed E-state index contributed by atoms with van der Waals surface area (Å²) in [5.74, 6) is 0.249. The fourth-order valence-corrected chi connectivity index (χ4v) is 2.73. The number of phosphoric ester groups is 1. The van der Waals surface area contributed by atoms with Crippen molar-refractivity contribution in [2.24, 2.45) is 0 Å². The summed E-state index contributed by atoms with van der Waals surface area (Å²) >= 11 is 11.7. The van der Waals surface area contributed by atoms with Gasteiger partial charge in [-0.05, 0) is 0 Å². The lowest BCUT2D eigenvalue weighted by Gasteiger charge is -2.16. The molecule has 8 heteroatoms. The Morgan fingerprint density at radius 1 is 1.00 bits per heavy atom. The third-order valence-electron chi connectivity index (χ3n) is 0.980. The zero-order chi connectivity index (χ0) is 10.9. The van der Waals surface area contributed by atoms with Gasteiger partial charge in [0, 0.05) is 16.5 Å². The Labute approximate surface area is 105 Å². The Bertz CT molecular complexity index is 155. The topological polar surface area (TPSA) is 44.8 Å². The molecule has 0 heterocycles. The Kier molecular flexibility index (Phi) is 10.5. The third kappa shape index (κ3) is 7.63. The maximum absolute atomic E-state index is 11.7. The number of alkyl halides is 3. The van der Waals surface area contributed by atoms with Crippen LogP contribution in [0.15, 0.2) is 0 Å². The minimum absolute atomic E-state index is 0.142. The van der Waals surface area contributed by atoms with Crippen molar-refractivity contribution in [3.05, 3.63) is 0 Å². The average Bonchev–Trinajstić information content (AvgIpc) is 2.21. The van der Waals surface area contributed by atoms with Crippen LogP contribution in [0.4, 0.5) is 0 Å². The van der Waals surface area contributed by atoms with Gasteiger partial charge in [0.05, 0.1) is 19.8 Å². The Hall–Kier alpha value is 1.36. The first kappa shape index (κ1) is 15.4. The average molecular weight is 374 g/mol. The molecular formula is C6H12Br2ClO4P. The molecule has 4 nitrogen and oxygen atoms in total. The van der Waals surface area contributed by atoms with E-state index in [1.807, 2.05) is 0 Å². The van der Waals surface area contributed by atoms with E-state index in [9.17, 15) is 4.57 Å². The normalized spacial score (nSPS) is 11.9. The predicted octanol–water partition coefficient (Wildman–Crippen LogP) is 3.17. The third-order valence-corrected chi connectivity index (χ3v) is 3.28. The van der Waals surface area contributed by atoms with Gasteiger partial charge in [0.15, 0.2) is 0 Å². The first-order valence-electron chi connectivity index (χ1n) is 3.90. The molecule has 0 amide bonds. The summed E-state index contributed by atoms with van der Waals surface area (Å²) in [4.78, 5) is 0. The van der Waals surface area contributed by atoms with Crippen LogP contribution in [0.5, 0.6) is 0 Å². The van der Waals surface area contributed by atoms with Crippen LogP contribution in [-0.4, -0.2) is 36.4 Å². The van der Waals surface area contributed by atoms with Gasteiger partial charge in [-0.1, -0.05) is 31.9 Å². The molecule has 0 aliphatic heterocycles. The highest BCUT2D eigenvalue weighted by Gasteiger charge is 2.25. The highest BCUT2D eigenvalue weighted by atomic mass is 79.9. The van der Waals surface area contributed by atoms with Gasteiger partial charge < -0.3 is 0 Å². The Balaban J connectivity index is 3.97. The summed E-state index contributed by atoms with van der Waals surface area (Å²) in [6.07, 6.45) is 0. The maximum atomic E-state index is 11.7. The summed E-state index contributed by atoms with van der Waals surface area (Å²) < 4.78 is 26.6. The van der Waals surface area contributed by atoms with Crippen LogP contribution in [0.2, 0.25) is 0 Å². The van der Waals surface area contributed by atoms with E-state index >= 15 is 0 Å². The van der Waals surface area contributed by atoms with Crippen LogP contribution >= 0.6 is 51.3 Å². The van der Waals surface area contributed by atoms with Crippen molar-refractivity contribution in [3.63, 3.8) is 0 Å². The molecule has 0 bridgehead atoms. The van der Waals surface area contributed by atoms with Crippen LogP contribution in [-0.2, 0) is 18.1 Å². The zero-order valence-electron chi connectivity index (χ0n) is 7.46.